The summed E-state index contributed by atoms with van der Waals surface area (Å²) in [4.78, 5) is 28.0. The second kappa shape index (κ2) is 11.3. The van der Waals surface area contributed by atoms with E-state index in [1.165, 1.54) is 0 Å². The van der Waals surface area contributed by atoms with Crippen molar-refractivity contribution in [2.75, 3.05) is 38.8 Å². The first-order chi connectivity index (χ1) is 16.9. The first kappa shape index (κ1) is 24.6. The first-order valence-corrected chi connectivity index (χ1v) is 12.0. The molecule has 1 N–H and O–H groups in total. The van der Waals surface area contributed by atoms with E-state index in [2.05, 4.69) is 32.1 Å². The summed E-state index contributed by atoms with van der Waals surface area (Å²) in [5.41, 5.74) is 4.37. The molecular weight excluding hydrogens is 442 g/mol. The monoisotopic (exact) mass is 475 g/mol. The number of nitrogens with zero attached hydrogens (tertiary/aromatic N) is 4. The zero-order valence-corrected chi connectivity index (χ0v) is 20.8. The fraction of sp³-hybridized carbons (Fsp3) is 0.407. The number of aryl methyl sites for hydroxylation is 1. The lowest BCUT2D eigenvalue weighted by atomic mass is 9.97. The van der Waals surface area contributed by atoms with Crippen LogP contribution >= 0.6 is 0 Å². The molecule has 0 bridgehead atoms. The Morgan fingerprint density at radius 2 is 2.09 bits per heavy atom. The normalized spacial score (nSPS) is 16.1. The lowest BCUT2D eigenvalue weighted by molar-refractivity contribution is 0.0857. The number of anilines is 1. The third-order valence-electron chi connectivity index (χ3n) is 6.34. The minimum Gasteiger partial charge on any atom is -0.496 e. The molecule has 1 amide bonds. The largest absolute Gasteiger partial charge is 0.496 e. The van der Waals surface area contributed by atoms with Crippen LogP contribution in [0.1, 0.15) is 47.3 Å². The Morgan fingerprint density at radius 1 is 1.23 bits per heavy atom. The van der Waals surface area contributed by atoms with Crippen LogP contribution in [0.4, 0.5) is 5.82 Å². The molecule has 3 heterocycles. The van der Waals surface area contributed by atoms with Gasteiger partial charge in [0, 0.05) is 61.7 Å². The summed E-state index contributed by atoms with van der Waals surface area (Å²) in [5, 5.41) is 2.97. The van der Waals surface area contributed by atoms with Crippen LogP contribution in [-0.4, -0.2) is 60.8 Å². The molecule has 2 aromatic heterocycles. The Balaban J connectivity index is 1.43. The number of hydrogen-bond acceptors (Lipinski definition) is 7. The second-order valence-electron chi connectivity index (χ2n) is 9.03. The van der Waals surface area contributed by atoms with Gasteiger partial charge in [-0.2, -0.15) is 0 Å². The van der Waals surface area contributed by atoms with Crippen molar-refractivity contribution < 1.29 is 14.3 Å². The number of carbonyl (C=O) groups is 1. The highest BCUT2D eigenvalue weighted by Crippen LogP contribution is 2.29. The van der Waals surface area contributed by atoms with Gasteiger partial charge in [-0.05, 0) is 49.6 Å². The summed E-state index contributed by atoms with van der Waals surface area (Å²) >= 11 is 0. The third-order valence-corrected chi connectivity index (χ3v) is 6.34. The highest BCUT2D eigenvalue weighted by molar-refractivity contribution is 5.94. The number of carbonyl (C=O) groups excluding carboxylic acids is 1. The Kier molecular flexibility index (Phi) is 7.92. The molecule has 1 aliphatic heterocycles. The molecule has 2 atom stereocenters. The molecule has 4 rings (SSSR count). The standard InChI is InChI=1S/C27H33N5O3/c1-18(16-32(3)26-13-24(30-17-31-26)21-8-7-19(2)28-14-21)23-10-9-20(12-25(23)34-4)27(33)29-15-22-6-5-11-35-22/h7-10,12-14,17-18,22H,5-6,11,15-16H2,1-4H3,(H,29,33). The smallest absolute Gasteiger partial charge is 0.251 e. The molecular formula is C27H33N5O3. The van der Waals surface area contributed by atoms with E-state index >= 15 is 0 Å². The zero-order chi connectivity index (χ0) is 24.8. The van der Waals surface area contributed by atoms with Crippen LogP contribution in [-0.2, 0) is 4.74 Å². The van der Waals surface area contributed by atoms with E-state index in [0.29, 0.717) is 24.4 Å². The highest BCUT2D eigenvalue weighted by atomic mass is 16.5. The van der Waals surface area contributed by atoms with Gasteiger partial charge in [-0.3, -0.25) is 9.78 Å². The molecule has 0 aliphatic carbocycles. The van der Waals surface area contributed by atoms with Crippen LogP contribution in [0.3, 0.4) is 0 Å². The number of methoxy groups -OCH3 is 1. The van der Waals surface area contributed by atoms with Crippen molar-refractivity contribution in [3.8, 4) is 17.0 Å². The third kappa shape index (κ3) is 6.14. The van der Waals surface area contributed by atoms with E-state index in [1.807, 2.05) is 56.6 Å². The number of pyridine rings is 1. The zero-order valence-electron chi connectivity index (χ0n) is 20.8. The van der Waals surface area contributed by atoms with Crippen LogP contribution in [0.15, 0.2) is 48.9 Å². The summed E-state index contributed by atoms with van der Waals surface area (Å²) in [5.74, 6) is 1.55. The molecule has 8 nitrogen and oxygen atoms in total. The maximum Gasteiger partial charge on any atom is 0.251 e. The molecule has 8 heteroatoms. The SMILES string of the molecule is COc1cc(C(=O)NCC2CCCO2)ccc1C(C)CN(C)c1cc(-c2ccc(C)nc2)ncn1. The predicted molar refractivity (Wildman–Crippen MR) is 136 cm³/mol. The van der Waals surface area contributed by atoms with Crippen LogP contribution in [0.5, 0.6) is 5.75 Å². The van der Waals surface area contributed by atoms with E-state index in [-0.39, 0.29) is 17.9 Å². The van der Waals surface area contributed by atoms with Gasteiger partial charge in [0.25, 0.3) is 5.91 Å². The second-order valence-corrected chi connectivity index (χ2v) is 9.03. The van der Waals surface area contributed by atoms with Gasteiger partial charge in [0.15, 0.2) is 0 Å². The lowest BCUT2D eigenvalue weighted by Crippen LogP contribution is -2.31. The fourth-order valence-corrected chi connectivity index (χ4v) is 4.31. The Labute approximate surface area is 206 Å². The number of hydrogen-bond donors (Lipinski definition) is 1. The number of nitrogens with one attached hydrogen (secondary N) is 1. The molecule has 0 spiro atoms. The number of ether oxygens (including phenoxy) is 2. The average molecular weight is 476 g/mol. The molecule has 35 heavy (non-hydrogen) atoms. The van der Waals surface area contributed by atoms with Gasteiger partial charge in [-0.1, -0.05) is 13.0 Å². The van der Waals surface area contributed by atoms with Crippen molar-refractivity contribution >= 4 is 11.7 Å². The maximum absolute atomic E-state index is 12.6. The minimum absolute atomic E-state index is 0.111. The van der Waals surface area contributed by atoms with Crippen LogP contribution in [0, 0.1) is 6.92 Å². The molecule has 1 saturated heterocycles. The Hall–Kier alpha value is -3.52. The van der Waals surface area contributed by atoms with E-state index in [0.717, 1.165) is 47.8 Å². The summed E-state index contributed by atoms with van der Waals surface area (Å²) < 4.78 is 11.2. The molecule has 2 unspecified atom stereocenters. The van der Waals surface area contributed by atoms with Gasteiger partial charge >= 0.3 is 0 Å². The van der Waals surface area contributed by atoms with Gasteiger partial charge in [0.05, 0.1) is 18.9 Å². The number of amides is 1. The lowest BCUT2D eigenvalue weighted by Gasteiger charge is -2.24. The maximum atomic E-state index is 12.6. The van der Waals surface area contributed by atoms with Crippen LogP contribution in [0.25, 0.3) is 11.3 Å². The molecule has 0 saturated carbocycles. The summed E-state index contributed by atoms with van der Waals surface area (Å²) in [6.07, 6.45) is 5.56. The van der Waals surface area contributed by atoms with Crippen molar-refractivity contribution in [3.63, 3.8) is 0 Å². The highest BCUT2D eigenvalue weighted by Gasteiger charge is 2.19. The number of likely N-dealkylation sites (N-methyl/N-ethyl adjacent to an activating group) is 1. The van der Waals surface area contributed by atoms with E-state index in [4.69, 9.17) is 9.47 Å². The first-order valence-electron chi connectivity index (χ1n) is 12.0. The van der Waals surface area contributed by atoms with Crippen molar-refractivity contribution in [2.45, 2.75) is 38.7 Å². The fourth-order valence-electron chi connectivity index (χ4n) is 4.31. The van der Waals surface area contributed by atoms with Crippen molar-refractivity contribution in [3.05, 3.63) is 65.7 Å². The Morgan fingerprint density at radius 3 is 2.80 bits per heavy atom. The summed E-state index contributed by atoms with van der Waals surface area (Å²) in [6.45, 7) is 6.11. The summed E-state index contributed by atoms with van der Waals surface area (Å²) in [6, 6.07) is 11.6. The van der Waals surface area contributed by atoms with E-state index in [9.17, 15) is 4.79 Å². The van der Waals surface area contributed by atoms with Gasteiger partial charge in [-0.15, -0.1) is 0 Å². The molecule has 1 aromatic carbocycles. The minimum atomic E-state index is -0.116. The van der Waals surface area contributed by atoms with Gasteiger partial charge in [0.1, 0.15) is 17.9 Å². The molecule has 184 valence electrons. The van der Waals surface area contributed by atoms with E-state index in [1.54, 1.807) is 13.4 Å². The predicted octanol–water partition coefficient (Wildman–Crippen LogP) is 4.00. The number of benzene rings is 1. The van der Waals surface area contributed by atoms with Gasteiger partial charge < -0.3 is 19.7 Å². The molecule has 0 radical (unpaired) electrons. The molecule has 1 aliphatic rings. The molecule has 1 fully saturated rings. The molecule has 3 aromatic rings. The van der Waals surface area contributed by atoms with Crippen molar-refractivity contribution in [2.24, 2.45) is 0 Å². The Bertz CT molecular complexity index is 1150. The van der Waals surface area contributed by atoms with Crippen LogP contribution in [0.2, 0.25) is 0 Å². The van der Waals surface area contributed by atoms with Crippen molar-refractivity contribution in [1.29, 1.82) is 0 Å². The number of aromatic nitrogens is 3. The van der Waals surface area contributed by atoms with Crippen LogP contribution < -0.4 is 15.0 Å². The van der Waals surface area contributed by atoms with Crippen molar-refractivity contribution in [1.82, 2.24) is 20.3 Å². The van der Waals surface area contributed by atoms with Gasteiger partial charge in [0.2, 0.25) is 0 Å². The summed E-state index contributed by atoms with van der Waals surface area (Å²) in [7, 11) is 3.64. The van der Waals surface area contributed by atoms with Gasteiger partial charge in [-0.25, -0.2) is 9.97 Å². The quantitative estimate of drug-likeness (QED) is 0.500. The van der Waals surface area contributed by atoms with E-state index < -0.39 is 0 Å². The average Bonchev–Trinajstić information content (AvgIpc) is 3.41. The number of rotatable bonds is 9. The topological polar surface area (TPSA) is 89.5 Å².